The summed E-state index contributed by atoms with van der Waals surface area (Å²) in [5.41, 5.74) is 0.959. The average Bonchev–Trinajstić information content (AvgIpc) is 2.47. The van der Waals surface area contributed by atoms with Crippen molar-refractivity contribution < 1.29 is 4.43 Å². The zero-order valence-electron chi connectivity index (χ0n) is 16.9. The van der Waals surface area contributed by atoms with E-state index in [9.17, 15) is 0 Å². The van der Waals surface area contributed by atoms with Crippen LogP contribution in [0.5, 0.6) is 0 Å². The van der Waals surface area contributed by atoms with Gasteiger partial charge in [0.1, 0.15) is 0 Å². The molecule has 0 heterocycles. The van der Waals surface area contributed by atoms with Gasteiger partial charge in [0.2, 0.25) is 0 Å². The van der Waals surface area contributed by atoms with E-state index >= 15 is 0 Å². The van der Waals surface area contributed by atoms with Crippen molar-refractivity contribution in [3.63, 3.8) is 0 Å². The van der Waals surface area contributed by atoms with Crippen LogP contribution >= 0.6 is 0 Å². The highest BCUT2D eigenvalue weighted by molar-refractivity contribution is 6.83. The Morgan fingerprint density at radius 2 is 1.36 bits per heavy atom. The molecule has 0 aromatic carbocycles. The van der Waals surface area contributed by atoms with Crippen molar-refractivity contribution >= 4 is 16.4 Å². The molecule has 1 rings (SSSR count). The van der Waals surface area contributed by atoms with Crippen LogP contribution in [-0.4, -0.2) is 21.6 Å². The second-order valence-electron chi connectivity index (χ2n) is 9.49. The van der Waals surface area contributed by atoms with E-state index in [-0.39, 0.29) is 5.22 Å². The first-order valence-corrected chi connectivity index (χ1v) is 15.6. The molecular weight excluding hydrogens is 300 g/mol. The van der Waals surface area contributed by atoms with Gasteiger partial charge in [-0.3, -0.25) is 0 Å². The molecule has 0 unspecified atom stereocenters. The molecule has 1 atom stereocenters. The summed E-state index contributed by atoms with van der Waals surface area (Å²) in [7, 11) is -3.17. The van der Waals surface area contributed by atoms with Crippen LogP contribution in [0, 0.1) is 0 Å². The first-order valence-electron chi connectivity index (χ1n) is 9.63. The molecule has 1 fully saturated rings. The van der Waals surface area contributed by atoms with E-state index < -0.39 is 16.4 Å². The van der Waals surface area contributed by atoms with Gasteiger partial charge in [-0.1, -0.05) is 79.3 Å². The first kappa shape index (κ1) is 20.4. The van der Waals surface area contributed by atoms with E-state index in [4.69, 9.17) is 4.43 Å². The third kappa shape index (κ3) is 3.89. The lowest BCUT2D eigenvalue weighted by Crippen LogP contribution is -2.62. The number of hydrogen-bond acceptors (Lipinski definition) is 1. The van der Waals surface area contributed by atoms with Crippen molar-refractivity contribution in [2.75, 3.05) is 0 Å². The lowest BCUT2D eigenvalue weighted by atomic mass is 10.0. The van der Waals surface area contributed by atoms with Crippen molar-refractivity contribution in [2.24, 2.45) is 0 Å². The fourth-order valence-corrected chi connectivity index (χ4v) is 11.9. The molecule has 0 N–H and O–H groups in total. The Morgan fingerprint density at radius 3 is 1.77 bits per heavy atom. The van der Waals surface area contributed by atoms with Crippen LogP contribution < -0.4 is 0 Å². The Morgan fingerprint density at radius 1 is 0.864 bits per heavy atom. The minimum atomic E-state index is -1.73. The van der Waals surface area contributed by atoms with E-state index in [2.05, 4.69) is 60.8 Å². The maximum absolute atomic E-state index is 7.15. The van der Waals surface area contributed by atoms with Gasteiger partial charge in [-0.05, 0) is 37.0 Å². The molecule has 0 aromatic heterocycles. The smallest absolute Gasteiger partial charge is 0.192 e. The molecule has 1 aliphatic rings. The van der Waals surface area contributed by atoms with E-state index in [1.165, 1.54) is 44.9 Å². The quantitative estimate of drug-likeness (QED) is 0.446. The molecule has 132 valence electrons. The molecule has 3 heteroatoms. The Hall–Kier alpha value is 0.394. The Balaban J connectivity index is 3.04. The summed E-state index contributed by atoms with van der Waals surface area (Å²) >= 11 is 0. The molecule has 0 spiro atoms. The van der Waals surface area contributed by atoms with Gasteiger partial charge in [0.15, 0.2) is 8.32 Å². The van der Waals surface area contributed by atoms with Crippen molar-refractivity contribution in [1.29, 1.82) is 0 Å². The largest absolute Gasteiger partial charge is 0.414 e. The fraction of sp³-hybridized carbons (Fsp3) is 1.00. The van der Waals surface area contributed by atoms with Crippen LogP contribution in [0.4, 0.5) is 0 Å². The highest BCUT2D eigenvalue weighted by Crippen LogP contribution is 2.49. The van der Waals surface area contributed by atoms with E-state index in [0.29, 0.717) is 5.04 Å². The zero-order valence-corrected chi connectivity index (χ0v) is 18.9. The summed E-state index contributed by atoms with van der Waals surface area (Å²) in [5, 5.41) is 0.484. The van der Waals surface area contributed by atoms with Crippen LogP contribution in [0.3, 0.4) is 0 Å². The molecule has 0 aromatic rings. The molecule has 1 nitrogen and oxygen atoms in total. The van der Waals surface area contributed by atoms with Crippen LogP contribution in [0.1, 0.15) is 79.6 Å². The van der Waals surface area contributed by atoms with Gasteiger partial charge in [0.25, 0.3) is 0 Å². The first-order chi connectivity index (χ1) is 9.93. The highest BCUT2D eigenvalue weighted by atomic mass is 28.4. The maximum atomic E-state index is 7.15. The normalized spacial score (nSPS) is 21.7. The van der Waals surface area contributed by atoms with Gasteiger partial charge in [0, 0.05) is 5.22 Å². The van der Waals surface area contributed by atoms with Crippen LogP contribution in [-0.2, 0) is 4.43 Å². The third-order valence-electron chi connectivity index (χ3n) is 7.66. The van der Waals surface area contributed by atoms with Crippen LogP contribution in [0.2, 0.25) is 36.8 Å². The Kier molecular flexibility index (Phi) is 6.60. The summed E-state index contributed by atoms with van der Waals surface area (Å²) in [6.45, 7) is 22.1. The summed E-state index contributed by atoms with van der Waals surface area (Å²) in [5.74, 6) is 0. The lowest BCUT2D eigenvalue weighted by molar-refractivity contribution is 0.133. The Bertz CT molecular complexity index is 356. The third-order valence-corrected chi connectivity index (χ3v) is 18.2. The molecule has 0 radical (unpaired) electrons. The average molecular weight is 343 g/mol. The van der Waals surface area contributed by atoms with E-state index in [0.717, 1.165) is 5.54 Å². The Labute approximate surface area is 142 Å². The summed E-state index contributed by atoms with van der Waals surface area (Å²) < 4.78 is 7.15. The molecular formula is C19H42OSi2. The predicted octanol–water partition coefficient (Wildman–Crippen LogP) is 7.15. The summed E-state index contributed by atoms with van der Waals surface area (Å²) in [4.78, 5) is 0. The molecule has 1 saturated carbocycles. The minimum Gasteiger partial charge on any atom is -0.414 e. The second-order valence-corrected chi connectivity index (χ2v) is 19.4. The predicted molar refractivity (Wildman–Crippen MR) is 106 cm³/mol. The molecule has 0 aliphatic heterocycles. The SMILES string of the molecule is CCC(C)(C)[Si](C)(C)O[C@@](C)(CC)[Si](C)(C)C1CCCCC1. The fourth-order valence-electron chi connectivity index (χ4n) is 4.04. The van der Waals surface area contributed by atoms with Crippen molar-refractivity contribution in [3.05, 3.63) is 0 Å². The molecule has 0 bridgehead atoms. The highest BCUT2D eigenvalue weighted by Gasteiger charge is 2.52. The minimum absolute atomic E-state index is 0.136. The van der Waals surface area contributed by atoms with Gasteiger partial charge in [-0.2, -0.15) is 0 Å². The molecule has 1 aliphatic carbocycles. The van der Waals surface area contributed by atoms with E-state index in [1.54, 1.807) is 0 Å². The van der Waals surface area contributed by atoms with Gasteiger partial charge in [-0.25, -0.2) is 0 Å². The van der Waals surface area contributed by atoms with Crippen molar-refractivity contribution in [2.45, 2.75) is 122 Å². The van der Waals surface area contributed by atoms with Crippen LogP contribution in [0.25, 0.3) is 0 Å². The standard InChI is InChI=1S/C19H42OSi2/c1-10-18(3,4)22(8,9)20-19(5,11-2)21(6,7)17-15-13-12-14-16-17/h17H,10-16H2,1-9H3/t19-/m1/s1. The van der Waals surface area contributed by atoms with Gasteiger partial charge in [0.05, 0.1) is 8.07 Å². The van der Waals surface area contributed by atoms with Crippen molar-refractivity contribution in [3.8, 4) is 0 Å². The van der Waals surface area contributed by atoms with Gasteiger partial charge >= 0.3 is 0 Å². The lowest BCUT2D eigenvalue weighted by Gasteiger charge is -2.54. The van der Waals surface area contributed by atoms with Gasteiger partial charge < -0.3 is 4.43 Å². The zero-order chi connectivity index (χ0) is 17.2. The summed E-state index contributed by atoms with van der Waals surface area (Å²) in [6, 6.07) is 0. The van der Waals surface area contributed by atoms with Crippen LogP contribution in [0.15, 0.2) is 0 Å². The van der Waals surface area contributed by atoms with Gasteiger partial charge in [-0.15, -0.1) is 0 Å². The summed E-state index contributed by atoms with van der Waals surface area (Å²) in [6.07, 6.45) is 9.66. The molecule has 0 saturated heterocycles. The number of hydrogen-bond donors (Lipinski definition) is 0. The van der Waals surface area contributed by atoms with E-state index in [1.807, 2.05) is 0 Å². The second kappa shape index (κ2) is 7.10. The monoisotopic (exact) mass is 342 g/mol. The maximum Gasteiger partial charge on any atom is 0.192 e. The molecule has 22 heavy (non-hydrogen) atoms. The number of rotatable bonds is 7. The van der Waals surface area contributed by atoms with Crippen molar-refractivity contribution in [1.82, 2.24) is 0 Å². The molecule has 0 amide bonds. The topological polar surface area (TPSA) is 9.23 Å².